The number of halogens is 3. The maximum Gasteiger partial charge on any atom is 0.388 e. The summed E-state index contributed by atoms with van der Waals surface area (Å²) in [5, 5.41) is 4.15. The van der Waals surface area contributed by atoms with Crippen molar-refractivity contribution in [3.63, 3.8) is 0 Å². The van der Waals surface area contributed by atoms with Crippen LogP contribution in [0.15, 0.2) is 30.3 Å². The minimum absolute atomic E-state index is 0.0649. The maximum atomic E-state index is 15.6. The van der Waals surface area contributed by atoms with Crippen LogP contribution in [0.2, 0.25) is 0 Å². The molecule has 40 heavy (non-hydrogen) atoms. The number of morpholine rings is 1. The van der Waals surface area contributed by atoms with Gasteiger partial charge in [-0.15, -0.1) is 0 Å². The number of aromatic nitrogens is 4. The molecule has 3 aliphatic rings. The zero-order valence-electron chi connectivity index (χ0n) is 21.9. The van der Waals surface area contributed by atoms with E-state index in [1.807, 2.05) is 10.6 Å². The molecule has 0 bridgehead atoms. The predicted octanol–water partition coefficient (Wildman–Crippen LogP) is 3.94. The summed E-state index contributed by atoms with van der Waals surface area (Å²) in [6, 6.07) is 7.96. The molecular formula is C28H29F3N6O3. The van der Waals surface area contributed by atoms with Crippen molar-refractivity contribution in [1.29, 1.82) is 0 Å². The van der Waals surface area contributed by atoms with E-state index in [-0.39, 0.29) is 35.0 Å². The van der Waals surface area contributed by atoms with E-state index in [0.29, 0.717) is 54.8 Å². The number of aryl methyl sites for hydroxylation is 1. The van der Waals surface area contributed by atoms with Crippen LogP contribution in [-0.4, -0.2) is 74.9 Å². The molecule has 1 saturated carbocycles. The Morgan fingerprint density at radius 3 is 2.85 bits per heavy atom. The molecular weight excluding hydrogens is 525 g/mol. The van der Waals surface area contributed by atoms with Crippen molar-refractivity contribution in [3.05, 3.63) is 41.7 Å². The zero-order valence-corrected chi connectivity index (χ0v) is 21.9. The van der Waals surface area contributed by atoms with Crippen LogP contribution >= 0.6 is 0 Å². The first-order valence-corrected chi connectivity index (χ1v) is 13.6. The van der Waals surface area contributed by atoms with Crippen molar-refractivity contribution < 1.29 is 27.4 Å². The third kappa shape index (κ3) is 4.48. The Kier molecular flexibility index (Phi) is 6.19. The molecule has 1 N–H and O–H groups in total. The van der Waals surface area contributed by atoms with Crippen LogP contribution in [0.3, 0.4) is 0 Å². The van der Waals surface area contributed by atoms with Crippen LogP contribution in [0.1, 0.15) is 29.6 Å². The number of hydrogen-bond acceptors (Lipinski definition) is 6. The van der Waals surface area contributed by atoms with Crippen molar-refractivity contribution in [3.8, 4) is 17.4 Å². The van der Waals surface area contributed by atoms with Gasteiger partial charge in [-0.2, -0.15) is 13.8 Å². The van der Waals surface area contributed by atoms with Gasteiger partial charge in [0, 0.05) is 50.2 Å². The molecule has 0 spiro atoms. The molecule has 1 amide bonds. The number of amides is 1. The van der Waals surface area contributed by atoms with Crippen molar-refractivity contribution >= 4 is 28.0 Å². The van der Waals surface area contributed by atoms with Gasteiger partial charge in [0.1, 0.15) is 17.0 Å². The second-order valence-corrected chi connectivity index (χ2v) is 10.9. The highest BCUT2D eigenvalue weighted by Gasteiger charge is 2.34. The van der Waals surface area contributed by atoms with E-state index in [1.54, 1.807) is 28.6 Å². The maximum absolute atomic E-state index is 15.6. The number of nitrogens with one attached hydrogen (secondary N) is 1. The van der Waals surface area contributed by atoms with E-state index >= 15 is 4.39 Å². The SMILES string of the molecule is Cn1c(-c2cc3ccc(OC(F)F)nc3n2CC2CC2)nc2cc(C(=O)N3CC[C@H]4OCCNC4C3)cc(F)c21. The Balaban J connectivity index is 1.26. The van der Waals surface area contributed by atoms with Gasteiger partial charge in [0.25, 0.3) is 5.91 Å². The summed E-state index contributed by atoms with van der Waals surface area (Å²) in [5.74, 6) is 0.00377. The lowest BCUT2D eigenvalue weighted by Gasteiger charge is -2.41. The van der Waals surface area contributed by atoms with Crippen LogP contribution < -0.4 is 10.1 Å². The first kappa shape index (κ1) is 25.3. The lowest BCUT2D eigenvalue weighted by atomic mass is 9.99. The minimum Gasteiger partial charge on any atom is -0.417 e. The standard InChI is InChI=1S/C28H29F3N6O3/c1-35-24-18(29)10-17(27(38)36-8-6-22-20(14-36)32-7-9-39-22)11-19(24)33-26(35)21-12-16-4-5-23(40-28(30)31)34-25(16)37(21)13-15-2-3-15/h4-5,10-12,15,20,22,28,32H,2-3,6-9,13-14H2,1H3/t20?,22-/m1/s1. The molecule has 2 aliphatic heterocycles. The Morgan fingerprint density at radius 2 is 2.05 bits per heavy atom. The summed E-state index contributed by atoms with van der Waals surface area (Å²) in [7, 11) is 1.73. The summed E-state index contributed by atoms with van der Waals surface area (Å²) in [6.45, 7) is 0.110. The summed E-state index contributed by atoms with van der Waals surface area (Å²) in [6.07, 6.45) is 2.94. The van der Waals surface area contributed by atoms with Crippen LogP contribution in [0.25, 0.3) is 33.6 Å². The molecule has 2 saturated heterocycles. The summed E-state index contributed by atoms with van der Waals surface area (Å²) in [5.41, 5.74) is 2.10. The quantitative estimate of drug-likeness (QED) is 0.389. The molecule has 5 heterocycles. The van der Waals surface area contributed by atoms with Crippen LogP contribution in [-0.2, 0) is 18.3 Å². The Labute approximate surface area is 227 Å². The van der Waals surface area contributed by atoms with Crippen molar-refractivity contribution in [2.75, 3.05) is 26.2 Å². The number of benzene rings is 1. The number of fused-ring (bicyclic) bond motifs is 3. The van der Waals surface area contributed by atoms with Crippen molar-refractivity contribution in [2.24, 2.45) is 13.0 Å². The van der Waals surface area contributed by atoms with Crippen molar-refractivity contribution in [1.82, 2.24) is 29.3 Å². The number of hydrogen-bond donors (Lipinski definition) is 1. The number of carbonyl (C=O) groups is 1. The first-order chi connectivity index (χ1) is 19.4. The Hall–Kier alpha value is -3.64. The average molecular weight is 555 g/mol. The average Bonchev–Trinajstić information content (AvgIpc) is 3.61. The number of imidazole rings is 1. The van der Waals surface area contributed by atoms with Gasteiger partial charge in [-0.25, -0.2) is 9.37 Å². The molecule has 2 atom stereocenters. The second kappa shape index (κ2) is 9.77. The van der Waals surface area contributed by atoms with E-state index in [1.165, 1.54) is 12.1 Å². The molecule has 4 aromatic rings. The Bertz CT molecular complexity index is 1610. The van der Waals surface area contributed by atoms with Gasteiger partial charge in [-0.3, -0.25) is 4.79 Å². The fourth-order valence-electron chi connectivity index (χ4n) is 5.99. The van der Waals surface area contributed by atoms with E-state index in [9.17, 15) is 13.6 Å². The molecule has 12 heteroatoms. The lowest BCUT2D eigenvalue weighted by Crippen LogP contribution is -2.59. The van der Waals surface area contributed by atoms with Crippen molar-refractivity contribution in [2.45, 2.75) is 44.6 Å². The smallest absolute Gasteiger partial charge is 0.388 e. The highest BCUT2D eigenvalue weighted by atomic mass is 19.3. The summed E-state index contributed by atoms with van der Waals surface area (Å²) < 4.78 is 55.2. The number of alkyl halides is 2. The number of pyridine rings is 1. The fourth-order valence-corrected chi connectivity index (χ4v) is 5.99. The molecule has 7 rings (SSSR count). The lowest BCUT2D eigenvalue weighted by molar-refractivity contribution is -0.0526. The normalized spacial score (nSPS) is 21.4. The number of ether oxygens (including phenoxy) is 2. The number of carbonyl (C=O) groups excluding carboxylic acids is 1. The van der Waals surface area contributed by atoms with Gasteiger partial charge in [0.15, 0.2) is 5.82 Å². The molecule has 3 aromatic heterocycles. The third-order valence-corrected chi connectivity index (χ3v) is 8.14. The van der Waals surface area contributed by atoms with Gasteiger partial charge in [-0.1, -0.05) is 0 Å². The fraction of sp³-hybridized carbons (Fsp3) is 0.464. The Morgan fingerprint density at radius 1 is 1.20 bits per heavy atom. The molecule has 1 unspecified atom stereocenters. The third-order valence-electron chi connectivity index (χ3n) is 8.14. The van der Waals surface area contributed by atoms with Crippen LogP contribution in [0.4, 0.5) is 13.2 Å². The van der Waals surface area contributed by atoms with E-state index in [4.69, 9.17) is 9.72 Å². The highest BCUT2D eigenvalue weighted by molar-refractivity contribution is 5.98. The number of likely N-dealkylation sites (tertiary alicyclic amines) is 1. The van der Waals surface area contributed by atoms with Gasteiger partial charge < -0.3 is 28.8 Å². The van der Waals surface area contributed by atoms with Crippen LogP contribution in [0.5, 0.6) is 5.88 Å². The highest BCUT2D eigenvalue weighted by Crippen LogP contribution is 2.37. The number of rotatable bonds is 6. The van der Waals surface area contributed by atoms with Gasteiger partial charge in [0.2, 0.25) is 5.88 Å². The van der Waals surface area contributed by atoms with Crippen LogP contribution in [0, 0.1) is 11.7 Å². The predicted molar refractivity (Wildman–Crippen MR) is 141 cm³/mol. The minimum atomic E-state index is -2.98. The van der Waals surface area contributed by atoms with Gasteiger partial charge >= 0.3 is 6.61 Å². The molecule has 1 aromatic carbocycles. The van der Waals surface area contributed by atoms with Gasteiger partial charge in [0.05, 0.1) is 30.0 Å². The van der Waals surface area contributed by atoms with E-state index < -0.39 is 12.4 Å². The van der Waals surface area contributed by atoms with E-state index in [0.717, 1.165) is 31.2 Å². The monoisotopic (exact) mass is 554 g/mol. The molecule has 9 nitrogen and oxygen atoms in total. The molecule has 3 fully saturated rings. The zero-order chi connectivity index (χ0) is 27.5. The molecule has 0 radical (unpaired) electrons. The topological polar surface area (TPSA) is 86.4 Å². The summed E-state index contributed by atoms with van der Waals surface area (Å²) in [4.78, 5) is 24.3. The number of nitrogens with zero attached hydrogens (tertiary/aromatic N) is 5. The second-order valence-electron chi connectivity index (χ2n) is 10.9. The van der Waals surface area contributed by atoms with Gasteiger partial charge in [-0.05, 0) is 49.4 Å². The molecule has 210 valence electrons. The first-order valence-electron chi connectivity index (χ1n) is 13.6. The largest absolute Gasteiger partial charge is 0.417 e. The number of piperidine rings is 1. The molecule has 1 aliphatic carbocycles. The summed E-state index contributed by atoms with van der Waals surface area (Å²) >= 11 is 0. The van der Waals surface area contributed by atoms with E-state index in [2.05, 4.69) is 15.0 Å².